The number of urea groups is 1. The minimum Gasteiger partial charge on any atom is -0.361 e. The van der Waals surface area contributed by atoms with Crippen molar-refractivity contribution < 1.29 is 27.3 Å². The molecule has 1 atom stereocenters. The third-order valence-electron chi connectivity index (χ3n) is 3.11. The van der Waals surface area contributed by atoms with Gasteiger partial charge in [-0.05, 0) is 20.8 Å². The standard InChI is InChI=1S/C13H19F3N4O3/c1-7(11-8(2)19-23-9(11)3)18-12(22)17-5-10(21)20(4)6-13(14,15)16/h7H,5-6H2,1-4H3,(H2,17,18,22)/t7-/m0/s1. The summed E-state index contributed by atoms with van der Waals surface area (Å²) in [5.74, 6) is -0.293. The summed E-state index contributed by atoms with van der Waals surface area (Å²) in [6.45, 7) is 3.21. The minimum atomic E-state index is -4.48. The Balaban J connectivity index is 2.47. The monoisotopic (exact) mass is 336 g/mol. The van der Waals surface area contributed by atoms with Crippen LogP contribution in [0.5, 0.6) is 0 Å². The van der Waals surface area contributed by atoms with Gasteiger partial charge in [0.2, 0.25) is 5.91 Å². The molecule has 0 aliphatic rings. The quantitative estimate of drug-likeness (QED) is 0.856. The highest BCUT2D eigenvalue weighted by Gasteiger charge is 2.31. The van der Waals surface area contributed by atoms with Crippen LogP contribution in [0.2, 0.25) is 0 Å². The molecular weight excluding hydrogens is 317 g/mol. The van der Waals surface area contributed by atoms with Crippen LogP contribution >= 0.6 is 0 Å². The average molecular weight is 336 g/mol. The zero-order valence-corrected chi connectivity index (χ0v) is 13.2. The molecule has 0 unspecified atom stereocenters. The summed E-state index contributed by atoms with van der Waals surface area (Å²) in [5.41, 5.74) is 1.33. The number of carbonyl (C=O) groups is 2. The fraction of sp³-hybridized carbons (Fsp3) is 0.615. The zero-order chi connectivity index (χ0) is 17.8. The van der Waals surface area contributed by atoms with E-state index in [9.17, 15) is 22.8 Å². The Kier molecular flexibility index (Phi) is 5.99. The fourth-order valence-electron chi connectivity index (χ4n) is 2.08. The second-order valence-corrected chi connectivity index (χ2v) is 5.15. The van der Waals surface area contributed by atoms with Gasteiger partial charge in [-0.25, -0.2) is 4.79 Å². The van der Waals surface area contributed by atoms with E-state index in [0.29, 0.717) is 21.9 Å². The molecule has 0 radical (unpaired) electrons. The van der Waals surface area contributed by atoms with Gasteiger partial charge in [-0.3, -0.25) is 4.79 Å². The van der Waals surface area contributed by atoms with Gasteiger partial charge in [0.15, 0.2) is 0 Å². The molecule has 0 aromatic carbocycles. The lowest BCUT2D eigenvalue weighted by molar-refractivity contribution is -0.157. The van der Waals surface area contributed by atoms with Crippen molar-refractivity contribution >= 4 is 11.9 Å². The largest absolute Gasteiger partial charge is 0.406 e. The summed E-state index contributed by atoms with van der Waals surface area (Å²) in [6.07, 6.45) is -4.48. The summed E-state index contributed by atoms with van der Waals surface area (Å²) in [4.78, 5) is 23.7. The van der Waals surface area contributed by atoms with Crippen molar-refractivity contribution in [2.45, 2.75) is 33.0 Å². The van der Waals surface area contributed by atoms with Crippen molar-refractivity contribution in [3.8, 4) is 0 Å². The number of halogens is 3. The maximum atomic E-state index is 12.2. The summed E-state index contributed by atoms with van der Waals surface area (Å²) in [6, 6.07) is -1.10. The molecule has 1 aromatic rings. The predicted octanol–water partition coefficient (Wildman–Crippen LogP) is 1.67. The number of aryl methyl sites for hydroxylation is 2. The Hall–Kier alpha value is -2.26. The van der Waals surface area contributed by atoms with Crippen LogP contribution < -0.4 is 10.6 Å². The van der Waals surface area contributed by atoms with E-state index >= 15 is 0 Å². The van der Waals surface area contributed by atoms with Gasteiger partial charge in [0.1, 0.15) is 12.3 Å². The molecule has 1 aromatic heterocycles. The zero-order valence-electron chi connectivity index (χ0n) is 13.2. The molecule has 0 aliphatic carbocycles. The highest BCUT2D eigenvalue weighted by Crippen LogP contribution is 2.20. The maximum Gasteiger partial charge on any atom is 0.406 e. The first-order valence-corrected chi connectivity index (χ1v) is 6.79. The van der Waals surface area contributed by atoms with Crippen molar-refractivity contribution in [1.82, 2.24) is 20.7 Å². The van der Waals surface area contributed by atoms with Crippen molar-refractivity contribution in [1.29, 1.82) is 0 Å². The number of hydrogen-bond donors (Lipinski definition) is 2. The van der Waals surface area contributed by atoms with E-state index in [4.69, 9.17) is 4.52 Å². The summed E-state index contributed by atoms with van der Waals surface area (Å²) < 4.78 is 41.5. The number of amides is 3. The molecule has 1 rings (SSSR count). The molecule has 23 heavy (non-hydrogen) atoms. The first kappa shape index (κ1) is 18.8. The molecule has 0 bridgehead atoms. The lowest BCUT2D eigenvalue weighted by Gasteiger charge is -2.19. The van der Waals surface area contributed by atoms with E-state index in [1.54, 1.807) is 20.8 Å². The summed E-state index contributed by atoms with van der Waals surface area (Å²) in [7, 11) is 1.02. The lowest BCUT2D eigenvalue weighted by atomic mass is 10.1. The molecule has 0 aliphatic heterocycles. The Morgan fingerprint density at radius 3 is 2.43 bits per heavy atom. The van der Waals surface area contributed by atoms with Crippen LogP contribution in [0.15, 0.2) is 4.52 Å². The summed E-state index contributed by atoms with van der Waals surface area (Å²) >= 11 is 0. The Bertz CT molecular complexity index is 552. The van der Waals surface area contributed by atoms with Crippen LogP contribution in [0.25, 0.3) is 0 Å². The minimum absolute atomic E-state index is 0.427. The van der Waals surface area contributed by atoms with Crippen LogP contribution in [0.1, 0.15) is 30.0 Å². The molecule has 10 heteroatoms. The Labute approximate surface area is 131 Å². The molecule has 1 heterocycles. The first-order valence-electron chi connectivity index (χ1n) is 6.79. The van der Waals surface area contributed by atoms with Crippen molar-refractivity contribution in [2.75, 3.05) is 20.1 Å². The van der Waals surface area contributed by atoms with Gasteiger partial charge in [-0.1, -0.05) is 5.16 Å². The van der Waals surface area contributed by atoms with Crippen molar-refractivity contribution in [2.24, 2.45) is 0 Å². The lowest BCUT2D eigenvalue weighted by Crippen LogP contribution is -2.45. The van der Waals surface area contributed by atoms with Crippen molar-refractivity contribution in [3.05, 3.63) is 17.0 Å². The van der Waals surface area contributed by atoms with Gasteiger partial charge in [-0.2, -0.15) is 13.2 Å². The van der Waals surface area contributed by atoms with Gasteiger partial charge in [0, 0.05) is 12.6 Å². The molecule has 0 saturated heterocycles. The van der Waals surface area contributed by atoms with E-state index in [-0.39, 0.29) is 0 Å². The SMILES string of the molecule is Cc1noc(C)c1[C@H](C)NC(=O)NCC(=O)N(C)CC(F)(F)F. The Morgan fingerprint density at radius 1 is 1.35 bits per heavy atom. The fourth-order valence-corrected chi connectivity index (χ4v) is 2.08. The van der Waals surface area contributed by atoms with Crippen LogP contribution in [-0.2, 0) is 4.79 Å². The highest BCUT2D eigenvalue weighted by atomic mass is 19.4. The first-order chi connectivity index (χ1) is 10.5. The molecule has 0 spiro atoms. The van der Waals surface area contributed by atoms with Crippen LogP contribution in [0, 0.1) is 13.8 Å². The number of nitrogens with zero attached hydrogens (tertiary/aromatic N) is 2. The third kappa shape index (κ3) is 5.80. The molecule has 2 N–H and O–H groups in total. The van der Waals surface area contributed by atoms with E-state index in [0.717, 1.165) is 7.05 Å². The number of rotatable bonds is 5. The van der Waals surface area contributed by atoms with Crippen LogP contribution in [0.3, 0.4) is 0 Å². The predicted molar refractivity (Wildman–Crippen MR) is 74.6 cm³/mol. The topological polar surface area (TPSA) is 87.5 Å². The van der Waals surface area contributed by atoms with Gasteiger partial charge < -0.3 is 20.1 Å². The van der Waals surface area contributed by atoms with Gasteiger partial charge in [-0.15, -0.1) is 0 Å². The van der Waals surface area contributed by atoms with Gasteiger partial charge >= 0.3 is 12.2 Å². The highest BCUT2D eigenvalue weighted by molar-refractivity contribution is 5.84. The maximum absolute atomic E-state index is 12.2. The van der Waals surface area contributed by atoms with Crippen molar-refractivity contribution in [3.63, 3.8) is 0 Å². The Morgan fingerprint density at radius 2 is 1.96 bits per heavy atom. The number of carbonyl (C=O) groups excluding carboxylic acids is 2. The number of hydrogen-bond acceptors (Lipinski definition) is 4. The normalized spacial score (nSPS) is 12.7. The average Bonchev–Trinajstić information content (AvgIpc) is 2.73. The summed E-state index contributed by atoms with van der Waals surface area (Å²) in [5, 5.41) is 8.55. The van der Waals surface area contributed by atoms with E-state index in [1.807, 2.05) is 0 Å². The van der Waals surface area contributed by atoms with E-state index < -0.39 is 37.2 Å². The second kappa shape index (κ2) is 7.34. The van der Waals surface area contributed by atoms with Crippen LogP contribution in [-0.4, -0.2) is 48.3 Å². The van der Waals surface area contributed by atoms with Crippen LogP contribution in [0.4, 0.5) is 18.0 Å². The molecule has 130 valence electrons. The van der Waals surface area contributed by atoms with E-state index in [2.05, 4.69) is 15.8 Å². The second-order valence-electron chi connectivity index (χ2n) is 5.15. The molecule has 7 nitrogen and oxygen atoms in total. The number of likely N-dealkylation sites (N-methyl/N-ethyl adjacent to an activating group) is 1. The number of nitrogens with one attached hydrogen (secondary N) is 2. The van der Waals surface area contributed by atoms with E-state index in [1.165, 1.54) is 0 Å². The molecular formula is C13H19F3N4O3. The number of alkyl halides is 3. The van der Waals surface area contributed by atoms with Gasteiger partial charge in [0.05, 0.1) is 18.3 Å². The molecule has 0 fully saturated rings. The van der Waals surface area contributed by atoms with Gasteiger partial charge in [0.25, 0.3) is 0 Å². The smallest absolute Gasteiger partial charge is 0.361 e. The molecule has 0 saturated carbocycles. The third-order valence-corrected chi connectivity index (χ3v) is 3.11. The number of aromatic nitrogens is 1. The molecule has 3 amide bonds.